The van der Waals surface area contributed by atoms with Gasteiger partial charge in [-0.25, -0.2) is 9.98 Å². The summed E-state index contributed by atoms with van der Waals surface area (Å²) in [4.78, 5) is 38.6. The highest BCUT2D eigenvalue weighted by Gasteiger charge is 2.38. The Bertz CT molecular complexity index is 1360. The van der Waals surface area contributed by atoms with Crippen molar-refractivity contribution >= 4 is 40.3 Å². The van der Waals surface area contributed by atoms with Gasteiger partial charge in [0, 0.05) is 59.6 Å². The molecule has 8 nitrogen and oxygen atoms in total. The molecule has 2 fully saturated rings. The van der Waals surface area contributed by atoms with Gasteiger partial charge in [0.1, 0.15) is 5.65 Å². The fourth-order valence-electron chi connectivity index (χ4n) is 6.93. The van der Waals surface area contributed by atoms with Crippen LogP contribution in [-0.2, 0) is 9.53 Å². The normalized spacial score (nSPS) is 25.0. The van der Waals surface area contributed by atoms with E-state index in [1.807, 2.05) is 38.3 Å². The molecule has 0 spiro atoms. The molecule has 0 bridgehead atoms. The Balaban J connectivity index is 1.26. The average Bonchev–Trinajstić information content (AvgIpc) is 3.20. The first-order valence-electron chi connectivity index (χ1n) is 15.0. The molecule has 9 heteroatoms. The zero-order chi connectivity index (χ0) is 29.5. The smallest absolute Gasteiger partial charge is 0.255 e. The lowest BCUT2D eigenvalue weighted by molar-refractivity contribution is -0.137. The Kier molecular flexibility index (Phi) is 8.79. The maximum absolute atomic E-state index is 13.6. The van der Waals surface area contributed by atoms with E-state index in [1.165, 1.54) is 24.6 Å². The second-order valence-corrected chi connectivity index (χ2v) is 13.8. The SMILES string of the molecule is CSC1=CC(C)=NC(=O)C1CNC(=O)c1c(C)n([C@H](C)C2CCC(N3CC(OC(C)(C)C)C3)CC2)c2ncccc12. The van der Waals surface area contributed by atoms with Crippen LogP contribution >= 0.6 is 11.8 Å². The highest BCUT2D eigenvalue weighted by molar-refractivity contribution is 8.02. The van der Waals surface area contributed by atoms with E-state index in [-0.39, 0.29) is 30.0 Å². The Morgan fingerprint density at radius 2 is 1.90 bits per heavy atom. The number of amides is 2. The zero-order valence-corrected chi connectivity index (χ0v) is 26.4. The molecule has 0 aromatic carbocycles. The van der Waals surface area contributed by atoms with Crippen molar-refractivity contribution in [3.8, 4) is 0 Å². The van der Waals surface area contributed by atoms with E-state index >= 15 is 0 Å². The molecular formula is C32H45N5O3S. The minimum Gasteiger partial charge on any atom is -0.370 e. The molecule has 41 heavy (non-hydrogen) atoms. The van der Waals surface area contributed by atoms with Crippen LogP contribution in [0.3, 0.4) is 0 Å². The second-order valence-electron chi connectivity index (χ2n) is 12.9. The number of hydrogen-bond acceptors (Lipinski definition) is 6. The molecule has 2 aromatic heterocycles. The molecule has 1 saturated carbocycles. The minimum atomic E-state index is -0.444. The van der Waals surface area contributed by atoms with Crippen LogP contribution in [0.4, 0.5) is 0 Å². The highest BCUT2D eigenvalue weighted by Crippen LogP contribution is 2.39. The number of carbonyl (C=O) groups is 2. The Morgan fingerprint density at radius 3 is 2.56 bits per heavy atom. The van der Waals surface area contributed by atoms with Gasteiger partial charge in [0.05, 0.1) is 23.2 Å². The largest absolute Gasteiger partial charge is 0.370 e. The molecule has 5 rings (SSSR count). The number of rotatable bonds is 8. The van der Waals surface area contributed by atoms with E-state index in [1.54, 1.807) is 6.20 Å². The number of ether oxygens (including phenoxy) is 1. The van der Waals surface area contributed by atoms with E-state index in [2.05, 4.69) is 47.5 Å². The number of dihydropyridines is 1. The number of likely N-dealkylation sites (tertiary alicyclic amines) is 1. The van der Waals surface area contributed by atoms with Crippen LogP contribution < -0.4 is 5.32 Å². The van der Waals surface area contributed by atoms with Crippen LogP contribution in [0.15, 0.2) is 34.3 Å². The summed E-state index contributed by atoms with van der Waals surface area (Å²) in [6.45, 7) is 14.8. The van der Waals surface area contributed by atoms with Gasteiger partial charge in [-0.15, -0.1) is 11.8 Å². The second kappa shape index (κ2) is 12.0. The summed E-state index contributed by atoms with van der Waals surface area (Å²) < 4.78 is 8.43. The average molecular weight is 580 g/mol. The molecule has 1 aliphatic carbocycles. The number of nitrogens with one attached hydrogen (secondary N) is 1. The molecule has 3 aliphatic rings. The number of nitrogens with zero attached hydrogens (tertiary/aromatic N) is 4. The summed E-state index contributed by atoms with van der Waals surface area (Å²) >= 11 is 1.53. The third-order valence-electron chi connectivity index (χ3n) is 8.96. The van der Waals surface area contributed by atoms with Gasteiger partial charge < -0.3 is 14.6 Å². The molecule has 0 radical (unpaired) electrons. The molecule has 222 valence electrons. The molecule has 1 unspecified atom stereocenters. The standard InChI is InChI=1S/C32H45N5O3S/c1-19-15-27(41-7)26(30(38)35-19)16-34-31(39)28-21(3)37(29-25(28)9-8-14-33-29)20(2)22-10-12-23(13-11-22)36-17-24(18-36)40-32(4,5)6/h8-9,14-15,20,22-24,26H,10-13,16-18H2,1-7H3,(H,34,39)/t20-,22?,23?,26?/m1/s1. The molecule has 4 heterocycles. The van der Waals surface area contributed by atoms with Crippen LogP contribution in [0.2, 0.25) is 0 Å². The topological polar surface area (TPSA) is 88.8 Å². The lowest BCUT2D eigenvalue weighted by Crippen LogP contribution is -2.58. The zero-order valence-electron chi connectivity index (χ0n) is 25.6. The summed E-state index contributed by atoms with van der Waals surface area (Å²) in [7, 11) is 0. The molecule has 1 N–H and O–H groups in total. The van der Waals surface area contributed by atoms with E-state index < -0.39 is 5.92 Å². The van der Waals surface area contributed by atoms with Gasteiger partial charge in [-0.05, 0) is 97.6 Å². The van der Waals surface area contributed by atoms with E-state index in [0.29, 0.717) is 29.3 Å². The van der Waals surface area contributed by atoms with Crippen molar-refractivity contribution in [2.45, 2.75) is 91.0 Å². The number of fused-ring (bicyclic) bond motifs is 1. The van der Waals surface area contributed by atoms with Crippen molar-refractivity contribution in [2.24, 2.45) is 16.8 Å². The lowest BCUT2D eigenvalue weighted by atomic mass is 9.80. The lowest BCUT2D eigenvalue weighted by Gasteiger charge is -2.48. The number of carbonyl (C=O) groups excluding carboxylic acids is 2. The maximum Gasteiger partial charge on any atom is 0.255 e. The van der Waals surface area contributed by atoms with E-state index in [0.717, 1.165) is 47.6 Å². The van der Waals surface area contributed by atoms with E-state index in [4.69, 9.17) is 9.72 Å². The fraction of sp³-hybridized carbons (Fsp3) is 0.625. The first-order chi connectivity index (χ1) is 19.5. The highest BCUT2D eigenvalue weighted by atomic mass is 32.2. The maximum atomic E-state index is 13.6. The first-order valence-corrected chi connectivity index (χ1v) is 16.2. The summed E-state index contributed by atoms with van der Waals surface area (Å²) in [6.07, 6.45) is 10.8. The monoisotopic (exact) mass is 579 g/mol. The predicted octanol–water partition coefficient (Wildman–Crippen LogP) is 5.56. The summed E-state index contributed by atoms with van der Waals surface area (Å²) in [5.74, 6) is -0.286. The number of allylic oxidation sites excluding steroid dienone is 1. The van der Waals surface area contributed by atoms with Gasteiger partial charge in [-0.3, -0.25) is 14.5 Å². The van der Waals surface area contributed by atoms with Crippen LogP contribution in [0.5, 0.6) is 0 Å². The van der Waals surface area contributed by atoms with Crippen molar-refractivity contribution in [1.29, 1.82) is 0 Å². The van der Waals surface area contributed by atoms with Crippen LogP contribution in [0.1, 0.15) is 82.4 Å². The number of aliphatic imine (C=N–C) groups is 1. The van der Waals surface area contributed by atoms with Crippen LogP contribution in [-0.4, -0.2) is 75.6 Å². The van der Waals surface area contributed by atoms with Gasteiger partial charge in [0.25, 0.3) is 11.8 Å². The van der Waals surface area contributed by atoms with Gasteiger partial charge in [0.15, 0.2) is 0 Å². The van der Waals surface area contributed by atoms with Crippen molar-refractivity contribution < 1.29 is 14.3 Å². The predicted molar refractivity (Wildman–Crippen MR) is 167 cm³/mol. The number of hydrogen-bond donors (Lipinski definition) is 1. The van der Waals surface area contributed by atoms with Gasteiger partial charge >= 0.3 is 0 Å². The first kappa shape index (κ1) is 30.0. The summed E-state index contributed by atoms with van der Waals surface area (Å²) in [5.41, 5.74) is 3.06. The van der Waals surface area contributed by atoms with Crippen molar-refractivity contribution in [3.05, 3.63) is 40.6 Å². The molecule has 2 aliphatic heterocycles. The molecule has 2 atom stereocenters. The Hall–Kier alpha value is -2.49. The Morgan fingerprint density at radius 1 is 1.20 bits per heavy atom. The summed E-state index contributed by atoms with van der Waals surface area (Å²) in [5, 5.41) is 3.91. The van der Waals surface area contributed by atoms with Gasteiger partial charge in [-0.1, -0.05) is 0 Å². The number of thioether (sulfide) groups is 1. The van der Waals surface area contributed by atoms with Crippen LogP contribution in [0, 0.1) is 18.8 Å². The van der Waals surface area contributed by atoms with Gasteiger partial charge in [0.2, 0.25) is 0 Å². The van der Waals surface area contributed by atoms with Gasteiger partial charge in [-0.2, -0.15) is 0 Å². The number of pyridine rings is 1. The third-order valence-corrected chi connectivity index (χ3v) is 9.83. The third kappa shape index (κ3) is 6.32. The van der Waals surface area contributed by atoms with Crippen molar-refractivity contribution in [3.63, 3.8) is 0 Å². The number of aromatic nitrogens is 2. The van der Waals surface area contributed by atoms with Crippen molar-refractivity contribution in [1.82, 2.24) is 19.8 Å². The quantitative estimate of drug-likeness (QED) is 0.441. The molecule has 2 aromatic rings. The Labute approximate surface area is 248 Å². The molecular weight excluding hydrogens is 534 g/mol. The molecule has 2 amide bonds. The fourth-order valence-corrected chi connectivity index (χ4v) is 7.69. The molecule has 1 saturated heterocycles. The van der Waals surface area contributed by atoms with Crippen molar-refractivity contribution in [2.75, 3.05) is 25.9 Å². The van der Waals surface area contributed by atoms with E-state index in [9.17, 15) is 9.59 Å². The van der Waals surface area contributed by atoms with Crippen LogP contribution in [0.25, 0.3) is 11.0 Å². The summed E-state index contributed by atoms with van der Waals surface area (Å²) in [6, 6.07) is 4.73. The minimum absolute atomic E-state index is 0.0828.